The molecule has 0 saturated heterocycles. The molecule has 0 atom stereocenters. The van der Waals surface area contributed by atoms with Crippen LogP contribution in [0, 0.1) is 6.92 Å². The zero-order valence-electron chi connectivity index (χ0n) is 14.1. The number of carbonyl (C=O) groups is 1. The molecule has 2 N–H and O–H groups in total. The largest absolute Gasteiger partial charge is 0.436 e. The van der Waals surface area contributed by atoms with Crippen molar-refractivity contribution in [2.75, 3.05) is 5.32 Å². The van der Waals surface area contributed by atoms with E-state index in [1.54, 1.807) is 0 Å². The van der Waals surface area contributed by atoms with Crippen LogP contribution in [0.2, 0.25) is 0 Å². The van der Waals surface area contributed by atoms with Crippen LogP contribution in [0.3, 0.4) is 0 Å². The molecule has 1 aromatic heterocycles. The van der Waals surface area contributed by atoms with Crippen molar-refractivity contribution in [3.05, 3.63) is 48.0 Å². The lowest BCUT2D eigenvalue weighted by atomic mass is 10.2. The predicted octanol–water partition coefficient (Wildman–Crippen LogP) is 4.42. The van der Waals surface area contributed by atoms with Gasteiger partial charge in [-0.2, -0.15) is 0 Å². The van der Waals surface area contributed by atoms with E-state index in [9.17, 15) is 4.79 Å². The Kier molecular flexibility index (Phi) is 5.09. The van der Waals surface area contributed by atoms with Gasteiger partial charge in [-0.3, -0.25) is 4.79 Å². The van der Waals surface area contributed by atoms with Crippen molar-refractivity contribution >= 4 is 40.0 Å². The maximum atomic E-state index is 11.5. The van der Waals surface area contributed by atoms with Gasteiger partial charge in [-0.15, -0.1) is 0 Å². The second-order valence-corrected chi connectivity index (χ2v) is 6.23. The quantitative estimate of drug-likeness (QED) is 0.680. The van der Waals surface area contributed by atoms with Crippen LogP contribution in [0.15, 0.2) is 46.9 Å². The molecule has 0 unspecified atom stereocenters. The predicted molar refractivity (Wildman–Crippen MR) is 103 cm³/mol. The summed E-state index contributed by atoms with van der Waals surface area (Å²) in [5.74, 6) is 0.490. The summed E-state index contributed by atoms with van der Waals surface area (Å²) in [5.41, 5.74) is 4.41. The number of aromatic nitrogens is 1. The highest BCUT2D eigenvalue weighted by molar-refractivity contribution is 7.80. The average Bonchev–Trinajstić information content (AvgIpc) is 2.98. The molecule has 0 fully saturated rings. The molecule has 1 heterocycles. The third kappa shape index (κ3) is 4.22. The first-order chi connectivity index (χ1) is 12.0. The number of carbonyl (C=O) groups excluding carboxylic acids is 1. The van der Waals surface area contributed by atoms with E-state index in [2.05, 4.69) is 15.6 Å². The zero-order valence-corrected chi connectivity index (χ0v) is 14.9. The van der Waals surface area contributed by atoms with Crippen LogP contribution in [0.25, 0.3) is 22.6 Å². The Morgan fingerprint density at radius 3 is 2.68 bits per heavy atom. The fourth-order valence-corrected chi connectivity index (χ4v) is 2.66. The highest BCUT2D eigenvalue weighted by atomic mass is 32.1. The summed E-state index contributed by atoms with van der Waals surface area (Å²) < 4.78 is 5.82. The van der Waals surface area contributed by atoms with Gasteiger partial charge in [-0.25, -0.2) is 4.98 Å². The van der Waals surface area contributed by atoms with E-state index in [-0.39, 0.29) is 5.91 Å². The number of fused-ring (bicyclic) bond motifs is 1. The first-order valence-corrected chi connectivity index (χ1v) is 8.54. The van der Waals surface area contributed by atoms with E-state index >= 15 is 0 Å². The van der Waals surface area contributed by atoms with Gasteiger partial charge in [0.25, 0.3) is 0 Å². The van der Waals surface area contributed by atoms with Crippen molar-refractivity contribution in [2.24, 2.45) is 0 Å². The Morgan fingerprint density at radius 1 is 1.20 bits per heavy atom. The number of nitrogens with zero attached hydrogens (tertiary/aromatic N) is 1. The van der Waals surface area contributed by atoms with E-state index in [1.165, 1.54) is 0 Å². The molecule has 128 valence electrons. The van der Waals surface area contributed by atoms with Crippen molar-refractivity contribution in [2.45, 2.75) is 26.7 Å². The number of aryl methyl sites for hydroxylation is 1. The van der Waals surface area contributed by atoms with Gasteiger partial charge in [0.15, 0.2) is 10.7 Å². The maximum absolute atomic E-state index is 11.5. The van der Waals surface area contributed by atoms with Gasteiger partial charge in [0.1, 0.15) is 5.52 Å². The standard InChI is InChI=1S/C19H19N3O2S/c1-3-4-17(23)22-19(25)20-14-8-6-13(7-9-14)18-21-15-10-5-12(2)11-16(15)24-18/h5-11H,3-4H2,1-2H3,(H2,20,22,23,25). The number of anilines is 1. The molecule has 1 amide bonds. The highest BCUT2D eigenvalue weighted by Gasteiger charge is 2.09. The number of thiocarbonyl (C=S) groups is 1. The number of amides is 1. The average molecular weight is 353 g/mol. The molecule has 5 nitrogen and oxygen atoms in total. The summed E-state index contributed by atoms with van der Waals surface area (Å²) in [6.07, 6.45) is 1.24. The topological polar surface area (TPSA) is 67.2 Å². The normalized spacial score (nSPS) is 10.6. The van der Waals surface area contributed by atoms with Crippen LogP contribution in [0.5, 0.6) is 0 Å². The summed E-state index contributed by atoms with van der Waals surface area (Å²) in [5, 5.41) is 5.94. The monoisotopic (exact) mass is 353 g/mol. The van der Waals surface area contributed by atoms with Crippen molar-refractivity contribution in [3.8, 4) is 11.5 Å². The number of oxazole rings is 1. The van der Waals surface area contributed by atoms with Gasteiger partial charge in [0.05, 0.1) is 0 Å². The molecular formula is C19H19N3O2S. The lowest BCUT2D eigenvalue weighted by Crippen LogP contribution is -2.33. The minimum Gasteiger partial charge on any atom is -0.436 e. The molecule has 0 aliphatic heterocycles. The molecule has 0 saturated carbocycles. The van der Waals surface area contributed by atoms with Crippen LogP contribution >= 0.6 is 12.2 Å². The van der Waals surface area contributed by atoms with Crippen molar-refractivity contribution in [3.63, 3.8) is 0 Å². The molecule has 25 heavy (non-hydrogen) atoms. The number of benzene rings is 2. The Labute approximate surface area is 151 Å². The summed E-state index contributed by atoms with van der Waals surface area (Å²) in [7, 11) is 0. The smallest absolute Gasteiger partial charge is 0.227 e. The van der Waals surface area contributed by atoms with E-state index < -0.39 is 0 Å². The fourth-order valence-electron chi connectivity index (χ4n) is 2.43. The molecule has 0 radical (unpaired) electrons. The summed E-state index contributed by atoms with van der Waals surface area (Å²) in [6, 6.07) is 13.5. The first-order valence-electron chi connectivity index (χ1n) is 8.13. The molecule has 6 heteroatoms. The SMILES string of the molecule is CCCC(=O)NC(=S)Nc1ccc(-c2nc3ccc(C)cc3o2)cc1. The van der Waals surface area contributed by atoms with Crippen molar-refractivity contribution < 1.29 is 9.21 Å². The molecular weight excluding hydrogens is 334 g/mol. The number of nitrogens with one attached hydrogen (secondary N) is 2. The van der Waals surface area contributed by atoms with Gasteiger partial charge in [0.2, 0.25) is 11.8 Å². The van der Waals surface area contributed by atoms with Crippen LogP contribution in [-0.2, 0) is 4.79 Å². The van der Waals surface area contributed by atoms with Gasteiger partial charge < -0.3 is 15.1 Å². The molecule has 0 aliphatic rings. The van der Waals surface area contributed by atoms with E-state index in [1.807, 2.05) is 56.3 Å². The summed E-state index contributed by atoms with van der Waals surface area (Å²) in [4.78, 5) is 16.0. The second-order valence-electron chi connectivity index (χ2n) is 5.82. The molecule has 0 spiro atoms. The van der Waals surface area contributed by atoms with Crippen molar-refractivity contribution in [1.82, 2.24) is 10.3 Å². The first kappa shape index (κ1) is 17.1. The minimum atomic E-state index is -0.0848. The molecule has 0 bridgehead atoms. The van der Waals surface area contributed by atoms with Crippen molar-refractivity contribution in [1.29, 1.82) is 0 Å². The zero-order chi connectivity index (χ0) is 17.8. The maximum Gasteiger partial charge on any atom is 0.227 e. The molecule has 2 aromatic carbocycles. The fraction of sp³-hybridized carbons (Fsp3) is 0.211. The summed E-state index contributed by atoms with van der Waals surface area (Å²) >= 11 is 5.13. The summed E-state index contributed by atoms with van der Waals surface area (Å²) in [6.45, 7) is 3.96. The lowest BCUT2D eigenvalue weighted by molar-refractivity contribution is -0.119. The minimum absolute atomic E-state index is 0.0848. The number of hydrogen-bond acceptors (Lipinski definition) is 4. The van der Waals surface area contributed by atoms with Crippen LogP contribution in [-0.4, -0.2) is 16.0 Å². The third-order valence-electron chi connectivity index (χ3n) is 3.66. The molecule has 0 aliphatic carbocycles. The Morgan fingerprint density at radius 2 is 1.96 bits per heavy atom. The Hall–Kier alpha value is -2.73. The Bertz CT molecular complexity index is 916. The van der Waals surface area contributed by atoms with E-state index in [0.29, 0.717) is 17.4 Å². The van der Waals surface area contributed by atoms with Crippen LogP contribution < -0.4 is 10.6 Å². The molecule has 3 aromatic rings. The lowest BCUT2D eigenvalue weighted by Gasteiger charge is -2.09. The third-order valence-corrected chi connectivity index (χ3v) is 3.87. The Balaban J connectivity index is 1.71. The van der Waals surface area contributed by atoms with Crippen LogP contribution in [0.1, 0.15) is 25.3 Å². The van der Waals surface area contributed by atoms with Gasteiger partial charge in [-0.05, 0) is 67.5 Å². The number of hydrogen-bond donors (Lipinski definition) is 2. The van der Waals surface area contributed by atoms with Gasteiger partial charge >= 0.3 is 0 Å². The highest BCUT2D eigenvalue weighted by Crippen LogP contribution is 2.25. The van der Waals surface area contributed by atoms with Gasteiger partial charge in [-0.1, -0.05) is 13.0 Å². The second kappa shape index (κ2) is 7.44. The van der Waals surface area contributed by atoms with E-state index in [4.69, 9.17) is 16.6 Å². The molecule has 3 rings (SSSR count). The van der Waals surface area contributed by atoms with Crippen LogP contribution in [0.4, 0.5) is 5.69 Å². The number of rotatable bonds is 4. The van der Waals surface area contributed by atoms with Gasteiger partial charge in [0, 0.05) is 17.7 Å². The van der Waals surface area contributed by atoms with E-state index in [0.717, 1.165) is 34.3 Å².